The third-order valence-corrected chi connectivity index (χ3v) is 8.64. The van der Waals surface area contributed by atoms with Crippen LogP contribution in [0.25, 0.3) is 10.9 Å². The highest BCUT2D eigenvalue weighted by atomic mass is 35.5. The first-order valence-electron chi connectivity index (χ1n) is 15.3. The zero-order chi connectivity index (χ0) is 31.6. The number of halogens is 1. The zero-order valence-electron chi connectivity index (χ0n) is 26.8. The maximum Gasteiger partial charge on any atom is 0.247 e. The number of nitrogens with one attached hydrogen (secondary N) is 4. The molecule has 1 saturated heterocycles. The molecule has 12 heteroatoms. The first kappa shape index (κ1) is 33.9. The van der Waals surface area contributed by atoms with E-state index in [1.54, 1.807) is 31.0 Å². The van der Waals surface area contributed by atoms with E-state index in [2.05, 4.69) is 49.4 Å². The molecule has 3 amide bonds. The molecular formula is C33H44ClN7O4. The SMILES string of the molecule is CN[C@@H](C)C(=O)N[C@H](C(=O)N1CCCC1C(=O)Nc1cc2c(Nc3ccc4c(c3)CCC4)ncnc2cc1OC)C(C)(C)C.Cl. The lowest BCUT2D eigenvalue weighted by Crippen LogP contribution is -2.59. The largest absolute Gasteiger partial charge is 0.494 e. The molecule has 1 unspecified atom stereocenters. The van der Waals surface area contributed by atoms with Crippen LogP contribution >= 0.6 is 12.4 Å². The number of likely N-dealkylation sites (tertiary alicyclic amines) is 1. The fourth-order valence-electron chi connectivity index (χ4n) is 5.97. The number of anilines is 3. The van der Waals surface area contributed by atoms with Crippen LogP contribution in [0.1, 0.15) is 58.1 Å². The van der Waals surface area contributed by atoms with E-state index in [1.165, 1.54) is 31.0 Å². The molecular weight excluding hydrogens is 594 g/mol. The van der Waals surface area contributed by atoms with E-state index in [9.17, 15) is 14.4 Å². The van der Waals surface area contributed by atoms with E-state index >= 15 is 0 Å². The highest BCUT2D eigenvalue weighted by Gasteiger charge is 2.42. The van der Waals surface area contributed by atoms with E-state index in [-0.39, 0.29) is 30.1 Å². The summed E-state index contributed by atoms with van der Waals surface area (Å²) in [6, 6.07) is 8.02. The van der Waals surface area contributed by atoms with Crippen LogP contribution in [0, 0.1) is 5.41 Å². The standard InChI is InChI=1S/C33H43N7O4.ClH/c1-19(34-5)30(41)39-28(33(2,3)4)32(43)40-14-8-11-26(40)31(42)38-25-16-23-24(17-27(25)44-6)35-18-36-29(23)37-22-13-12-20-9-7-10-21(20)15-22;/h12-13,15-19,26,28,34H,7-11,14H2,1-6H3,(H,38,42)(H,39,41)(H,35,36,37);1H/t19-,26?,28+;/m0./s1. The van der Waals surface area contributed by atoms with Crippen molar-refractivity contribution in [3.8, 4) is 5.75 Å². The number of methoxy groups -OCH3 is 1. The number of carbonyl (C=O) groups excluding carboxylic acids is 3. The van der Waals surface area contributed by atoms with Gasteiger partial charge in [0.05, 0.1) is 24.4 Å². The van der Waals surface area contributed by atoms with E-state index in [0.717, 1.165) is 23.9 Å². The summed E-state index contributed by atoms with van der Waals surface area (Å²) in [5, 5.41) is 13.0. The summed E-state index contributed by atoms with van der Waals surface area (Å²) in [4.78, 5) is 50.9. The second kappa shape index (κ2) is 14.0. The topological polar surface area (TPSA) is 138 Å². The monoisotopic (exact) mass is 637 g/mol. The molecule has 0 saturated carbocycles. The Balaban J connectivity index is 0.00000461. The summed E-state index contributed by atoms with van der Waals surface area (Å²) < 4.78 is 5.63. The van der Waals surface area contributed by atoms with Crippen molar-refractivity contribution in [1.29, 1.82) is 0 Å². The predicted octanol–water partition coefficient (Wildman–Crippen LogP) is 4.36. The van der Waals surface area contributed by atoms with Crippen LogP contribution in [0.2, 0.25) is 0 Å². The van der Waals surface area contributed by atoms with Gasteiger partial charge in [-0.1, -0.05) is 26.8 Å². The number of hydrogen-bond acceptors (Lipinski definition) is 8. The summed E-state index contributed by atoms with van der Waals surface area (Å²) in [6.45, 7) is 7.88. The smallest absolute Gasteiger partial charge is 0.247 e. The lowest BCUT2D eigenvalue weighted by atomic mass is 9.85. The average molecular weight is 638 g/mol. The average Bonchev–Trinajstić information content (AvgIpc) is 3.68. The molecule has 2 heterocycles. The maximum atomic E-state index is 13.9. The molecule has 2 aromatic carbocycles. The summed E-state index contributed by atoms with van der Waals surface area (Å²) in [5.41, 5.74) is 4.24. The quantitative estimate of drug-likeness (QED) is 0.272. The molecule has 1 aliphatic carbocycles. The van der Waals surface area contributed by atoms with Gasteiger partial charge in [0.15, 0.2) is 0 Å². The number of aryl methyl sites for hydroxylation is 2. The van der Waals surface area contributed by atoms with Crippen LogP contribution in [0.3, 0.4) is 0 Å². The Morgan fingerprint density at radius 2 is 1.80 bits per heavy atom. The molecule has 1 aliphatic heterocycles. The summed E-state index contributed by atoms with van der Waals surface area (Å²) in [7, 11) is 3.23. The minimum absolute atomic E-state index is 0. The third-order valence-electron chi connectivity index (χ3n) is 8.64. The number of benzene rings is 2. The first-order valence-corrected chi connectivity index (χ1v) is 15.3. The van der Waals surface area contributed by atoms with Crippen LogP contribution in [-0.4, -0.2) is 71.4 Å². The number of likely N-dealkylation sites (N-methyl/N-ethyl adjacent to an activating group) is 1. The molecule has 0 radical (unpaired) electrons. The summed E-state index contributed by atoms with van der Waals surface area (Å²) >= 11 is 0. The van der Waals surface area contributed by atoms with Gasteiger partial charge >= 0.3 is 0 Å². The van der Waals surface area contributed by atoms with E-state index in [0.29, 0.717) is 42.2 Å². The van der Waals surface area contributed by atoms with Crippen molar-refractivity contribution in [3.05, 3.63) is 47.8 Å². The number of amides is 3. The van der Waals surface area contributed by atoms with Crippen LogP contribution < -0.4 is 26.0 Å². The Morgan fingerprint density at radius 1 is 1.04 bits per heavy atom. The predicted molar refractivity (Wildman–Crippen MR) is 178 cm³/mol. The van der Waals surface area contributed by atoms with Gasteiger partial charge in [-0.05, 0) is 80.8 Å². The Labute approximate surface area is 270 Å². The minimum Gasteiger partial charge on any atom is -0.494 e. The molecule has 1 aromatic heterocycles. The van der Waals surface area contributed by atoms with Gasteiger partial charge in [0.2, 0.25) is 17.7 Å². The van der Waals surface area contributed by atoms with Gasteiger partial charge < -0.3 is 30.9 Å². The molecule has 11 nitrogen and oxygen atoms in total. The molecule has 0 spiro atoms. The van der Waals surface area contributed by atoms with Gasteiger partial charge in [0, 0.05) is 23.7 Å². The fourth-order valence-corrected chi connectivity index (χ4v) is 5.97. The molecule has 5 rings (SSSR count). The van der Waals surface area contributed by atoms with Gasteiger partial charge in [-0.25, -0.2) is 9.97 Å². The Morgan fingerprint density at radius 3 is 2.51 bits per heavy atom. The van der Waals surface area contributed by atoms with Crippen molar-refractivity contribution in [3.63, 3.8) is 0 Å². The number of aromatic nitrogens is 2. The number of rotatable bonds is 9. The molecule has 0 bridgehead atoms. The molecule has 45 heavy (non-hydrogen) atoms. The van der Waals surface area contributed by atoms with Crippen LogP contribution in [-0.2, 0) is 27.2 Å². The Hall–Kier alpha value is -3.96. The number of nitrogens with zero attached hydrogens (tertiary/aromatic N) is 3. The highest BCUT2D eigenvalue weighted by Crippen LogP contribution is 2.35. The lowest BCUT2D eigenvalue weighted by Gasteiger charge is -2.36. The van der Waals surface area contributed by atoms with Crippen molar-refractivity contribution in [2.45, 2.75) is 77.9 Å². The second-order valence-corrected chi connectivity index (χ2v) is 12.8. The molecule has 1 fully saturated rings. The normalized spacial score (nSPS) is 17.2. The number of fused-ring (bicyclic) bond motifs is 2. The Bertz CT molecular complexity index is 1570. The van der Waals surface area contributed by atoms with Crippen molar-refractivity contribution >= 4 is 58.2 Å². The Kier molecular flexibility index (Phi) is 10.5. The van der Waals surface area contributed by atoms with Crippen molar-refractivity contribution in [2.75, 3.05) is 31.3 Å². The van der Waals surface area contributed by atoms with Gasteiger partial charge in [-0.3, -0.25) is 14.4 Å². The summed E-state index contributed by atoms with van der Waals surface area (Å²) in [5.74, 6) is 0.203. The fraction of sp³-hybridized carbons (Fsp3) is 0.485. The minimum atomic E-state index is -0.792. The van der Waals surface area contributed by atoms with Gasteiger partial charge in [-0.2, -0.15) is 0 Å². The number of ether oxygens (including phenoxy) is 1. The molecule has 242 valence electrons. The van der Waals surface area contributed by atoms with E-state index in [4.69, 9.17) is 4.74 Å². The van der Waals surface area contributed by atoms with Crippen molar-refractivity contribution < 1.29 is 19.1 Å². The van der Waals surface area contributed by atoms with Gasteiger partial charge in [-0.15, -0.1) is 12.4 Å². The van der Waals surface area contributed by atoms with E-state index in [1.807, 2.05) is 20.8 Å². The molecule has 3 aromatic rings. The summed E-state index contributed by atoms with van der Waals surface area (Å²) in [6.07, 6.45) is 6.04. The number of hydrogen-bond donors (Lipinski definition) is 4. The molecule has 3 atom stereocenters. The lowest BCUT2D eigenvalue weighted by molar-refractivity contribution is -0.143. The maximum absolute atomic E-state index is 13.9. The number of carbonyl (C=O) groups is 3. The first-order chi connectivity index (χ1) is 21.0. The van der Waals surface area contributed by atoms with Crippen LogP contribution in [0.15, 0.2) is 36.7 Å². The van der Waals surface area contributed by atoms with E-state index < -0.39 is 23.5 Å². The zero-order valence-corrected chi connectivity index (χ0v) is 27.6. The van der Waals surface area contributed by atoms with Crippen LogP contribution in [0.5, 0.6) is 5.75 Å². The van der Waals surface area contributed by atoms with Crippen molar-refractivity contribution in [1.82, 2.24) is 25.5 Å². The third kappa shape index (κ3) is 7.31. The van der Waals surface area contributed by atoms with Crippen molar-refractivity contribution in [2.24, 2.45) is 5.41 Å². The molecule has 2 aliphatic rings. The van der Waals surface area contributed by atoms with Crippen LogP contribution in [0.4, 0.5) is 17.2 Å². The highest BCUT2D eigenvalue weighted by molar-refractivity contribution is 6.03. The second-order valence-electron chi connectivity index (χ2n) is 12.8. The van der Waals surface area contributed by atoms with Gasteiger partial charge in [0.1, 0.15) is 30.0 Å². The van der Waals surface area contributed by atoms with Gasteiger partial charge in [0.25, 0.3) is 0 Å². The molecule has 4 N–H and O–H groups in total.